The first-order valence-corrected chi connectivity index (χ1v) is 9.34. The van der Waals surface area contributed by atoms with Crippen LogP contribution in [0.4, 0.5) is 0 Å². The number of aliphatic hydroxyl groups excluding tert-OH is 1. The molecular formula is C19H24N4O3. The lowest BCUT2D eigenvalue weighted by atomic mass is 9.89. The summed E-state index contributed by atoms with van der Waals surface area (Å²) in [5.74, 6) is 0.417. The molecule has 1 saturated carbocycles. The number of aryl methyl sites for hydroxylation is 1. The quantitative estimate of drug-likeness (QED) is 0.775. The maximum Gasteiger partial charge on any atom is 0.272 e. The Morgan fingerprint density at radius 2 is 2.15 bits per heavy atom. The zero-order chi connectivity index (χ0) is 17.9. The number of aromatic amines is 1. The Bertz CT molecular complexity index is 761. The van der Waals surface area contributed by atoms with E-state index in [1.807, 2.05) is 6.07 Å². The molecule has 0 unspecified atom stereocenters. The van der Waals surface area contributed by atoms with Gasteiger partial charge in [0, 0.05) is 17.5 Å². The van der Waals surface area contributed by atoms with Crippen LogP contribution in [0.2, 0.25) is 0 Å². The Hall–Kier alpha value is -2.41. The molecule has 7 heteroatoms. The molecule has 4 rings (SSSR count). The molecule has 0 saturated heterocycles. The van der Waals surface area contributed by atoms with Gasteiger partial charge in [0.2, 0.25) is 0 Å². The van der Waals surface area contributed by atoms with Crippen molar-refractivity contribution in [1.29, 1.82) is 0 Å². The van der Waals surface area contributed by atoms with Gasteiger partial charge in [0.1, 0.15) is 18.0 Å². The van der Waals surface area contributed by atoms with Crippen LogP contribution in [0, 0.1) is 0 Å². The van der Waals surface area contributed by atoms with Gasteiger partial charge >= 0.3 is 0 Å². The molecule has 2 aliphatic carbocycles. The van der Waals surface area contributed by atoms with Gasteiger partial charge in [-0.15, -0.1) is 0 Å². The van der Waals surface area contributed by atoms with Crippen LogP contribution in [0.1, 0.15) is 53.8 Å². The van der Waals surface area contributed by atoms with E-state index in [4.69, 9.17) is 4.74 Å². The van der Waals surface area contributed by atoms with E-state index >= 15 is 0 Å². The third-order valence-electron chi connectivity index (χ3n) is 5.31. The second-order valence-electron chi connectivity index (χ2n) is 7.08. The third kappa shape index (κ3) is 3.44. The van der Waals surface area contributed by atoms with Gasteiger partial charge in [0.05, 0.1) is 12.2 Å². The largest absolute Gasteiger partial charge is 0.486 e. The smallest absolute Gasteiger partial charge is 0.272 e. The Balaban J connectivity index is 1.42. The predicted octanol–water partition coefficient (Wildman–Crippen LogP) is 1.77. The summed E-state index contributed by atoms with van der Waals surface area (Å²) in [4.78, 5) is 16.7. The lowest BCUT2D eigenvalue weighted by molar-refractivity contribution is -0.0142. The number of pyridine rings is 1. The van der Waals surface area contributed by atoms with Crippen LogP contribution in [0.25, 0.3) is 0 Å². The van der Waals surface area contributed by atoms with E-state index in [0.29, 0.717) is 11.4 Å². The van der Waals surface area contributed by atoms with Gasteiger partial charge in [-0.3, -0.25) is 14.9 Å². The highest BCUT2D eigenvalue weighted by atomic mass is 16.5. The summed E-state index contributed by atoms with van der Waals surface area (Å²) < 4.78 is 5.88. The second-order valence-corrected chi connectivity index (χ2v) is 7.08. The minimum atomic E-state index is -0.761. The first-order valence-electron chi connectivity index (χ1n) is 9.34. The molecule has 2 aromatic heterocycles. The number of ether oxygens (including phenoxy) is 1. The number of amides is 1. The van der Waals surface area contributed by atoms with Crippen molar-refractivity contribution in [3.63, 3.8) is 0 Å². The first-order chi connectivity index (χ1) is 12.7. The maximum absolute atomic E-state index is 12.7. The number of aromatic nitrogens is 3. The lowest BCUT2D eigenvalue weighted by Gasteiger charge is -2.35. The molecule has 2 aromatic rings. The number of nitrogens with zero attached hydrogens (tertiary/aromatic N) is 2. The predicted molar refractivity (Wildman–Crippen MR) is 95.0 cm³/mol. The molecule has 0 aromatic carbocycles. The van der Waals surface area contributed by atoms with E-state index in [-0.39, 0.29) is 18.1 Å². The highest BCUT2D eigenvalue weighted by Gasteiger charge is 2.35. The number of rotatable bonds is 4. The number of nitrogens with one attached hydrogen (secondary N) is 2. The van der Waals surface area contributed by atoms with Crippen molar-refractivity contribution in [2.24, 2.45) is 0 Å². The molecule has 2 heterocycles. The van der Waals surface area contributed by atoms with Gasteiger partial charge in [-0.2, -0.15) is 5.10 Å². The van der Waals surface area contributed by atoms with Crippen LogP contribution in [0.3, 0.4) is 0 Å². The molecule has 1 amide bonds. The fraction of sp³-hybridized carbons (Fsp3) is 0.526. The number of fused-ring (bicyclic) bond motifs is 1. The van der Waals surface area contributed by atoms with Gasteiger partial charge in [0.25, 0.3) is 5.91 Å². The molecule has 0 bridgehead atoms. The molecule has 3 N–H and O–H groups in total. The van der Waals surface area contributed by atoms with Crippen LogP contribution in [-0.4, -0.2) is 44.4 Å². The van der Waals surface area contributed by atoms with Gasteiger partial charge in [-0.25, -0.2) is 0 Å². The van der Waals surface area contributed by atoms with Gasteiger partial charge in [-0.05, 0) is 57.1 Å². The zero-order valence-corrected chi connectivity index (χ0v) is 14.6. The third-order valence-corrected chi connectivity index (χ3v) is 5.31. The SMILES string of the molecule is O=C(N[C@@H]1CCC[C@@H](Oc2cccnc2)[C@@H]1O)c1n[nH]c2c1CCCC2. The average Bonchev–Trinajstić information content (AvgIpc) is 3.10. The Kier molecular flexibility index (Phi) is 4.88. The summed E-state index contributed by atoms with van der Waals surface area (Å²) in [5, 5.41) is 20.9. The van der Waals surface area contributed by atoms with Crippen molar-refractivity contribution >= 4 is 5.91 Å². The monoisotopic (exact) mass is 356 g/mol. The fourth-order valence-electron chi connectivity index (χ4n) is 3.92. The number of hydrogen-bond acceptors (Lipinski definition) is 5. The van der Waals surface area contributed by atoms with Crippen LogP contribution in [0.5, 0.6) is 5.75 Å². The highest BCUT2D eigenvalue weighted by Crippen LogP contribution is 2.26. The normalized spacial score (nSPS) is 25.3. The van der Waals surface area contributed by atoms with Crippen molar-refractivity contribution in [1.82, 2.24) is 20.5 Å². The van der Waals surface area contributed by atoms with Crippen molar-refractivity contribution in [2.45, 2.75) is 63.2 Å². The van der Waals surface area contributed by atoms with Crippen molar-refractivity contribution < 1.29 is 14.6 Å². The minimum absolute atomic E-state index is 0.213. The maximum atomic E-state index is 12.7. The molecule has 0 aliphatic heterocycles. The van der Waals surface area contributed by atoms with E-state index in [0.717, 1.165) is 56.2 Å². The Morgan fingerprint density at radius 3 is 3.00 bits per heavy atom. The van der Waals surface area contributed by atoms with Gasteiger partial charge < -0.3 is 15.2 Å². The van der Waals surface area contributed by atoms with E-state index in [1.165, 1.54) is 0 Å². The molecule has 26 heavy (non-hydrogen) atoms. The summed E-state index contributed by atoms with van der Waals surface area (Å²) in [6, 6.07) is 3.27. The van der Waals surface area contributed by atoms with Crippen molar-refractivity contribution in [3.05, 3.63) is 41.5 Å². The molecular weight excluding hydrogens is 332 g/mol. The summed E-state index contributed by atoms with van der Waals surface area (Å²) >= 11 is 0. The van der Waals surface area contributed by atoms with Crippen LogP contribution in [-0.2, 0) is 12.8 Å². The van der Waals surface area contributed by atoms with Crippen LogP contribution >= 0.6 is 0 Å². The summed E-state index contributed by atoms with van der Waals surface area (Å²) in [7, 11) is 0. The number of aliphatic hydroxyl groups is 1. The fourth-order valence-corrected chi connectivity index (χ4v) is 3.92. The Morgan fingerprint density at radius 1 is 1.27 bits per heavy atom. The lowest BCUT2D eigenvalue weighted by Crippen LogP contribution is -2.53. The van der Waals surface area contributed by atoms with E-state index in [1.54, 1.807) is 18.5 Å². The first kappa shape index (κ1) is 17.0. The van der Waals surface area contributed by atoms with Crippen molar-refractivity contribution in [2.75, 3.05) is 0 Å². The molecule has 2 aliphatic rings. The second kappa shape index (κ2) is 7.45. The molecule has 3 atom stereocenters. The van der Waals surface area contributed by atoms with E-state index in [9.17, 15) is 9.90 Å². The van der Waals surface area contributed by atoms with Crippen LogP contribution < -0.4 is 10.1 Å². The summed E-state index contributed by atoms with van der Waals surface area (Å²) in [5.41, 5.74) is 2.58. The Labute approximate surface area is 152 Å². The molecule has 138 valence electrons. The minimum Gasteiger partial charge on any atom is -0.486 e. The molecule has 0 radical (unpaired) electrons. The molecule has 1 fully saturated rings. The molecule has 7 nitrogen and oxygen atoms in total. The van der Waals surface area contributed by atoms with Crippen LogP contribution in [0.15, 0.2) is 24.5 Å². The number of carbonyl (C=O) groups is 1. The van der Waals surface area contributed by atoms with Gasteiger partial charge in [0.15, 0.2) is 5.69 Å². The standard InChI is InChI=1S/C19H24N4O3/c24-18-15(8-3-9-16(18)26-12-5-4-10-20-11-12)21-19(25)17-13-6-1-2-7-14(13)22-23-17/h4-5,10-11,15-16,18,24H,1-3,6-9H2,(H,21,25)(H,22,23)/t15-,16-,18-/m1/s1. The molecule has 0 spiro atoms. The van der Waals surface area contributed by atoms with Crippen molar-refractivity contribution in [3.8, 4) is 5.75 Å². The number of carbonyl (C=O) groups excluding carboxylic acids is 1. The topological polar surface area (TPSA) is 100 Å². The summed E-state index contributed by atoms with van der Waals surface area (Å²) in [6.45, 7) is 0. The zero-order valence-electron chi connectivity index (χ0n) is 14.6. The summed E-state index contributed by atoms with van der Waals surface area (Å²) in [6.07, 6.45) is 8.59. The van der Waals surface area contributed by atoms with E-state index in [2.05, 4.69) is 20.5 Å². The number of H-pyrrole nitrogens is 1. The van der Waals surface area contributed by atoms with Gasteiger partial charge in [-0.1, -0.05) is 0 Å². The average molecular weight is 356 g/mol. The number of hydrogen-bond donors (Lipinski definition) is 3. The highest BCUT2D eigenvalue weighted by molar-refractivity contribution is 5.94. The van der Waals surface area contributed by atoms with E-state index < -0.39 is 6.10 Å².